The van der Waals surface area contributed by atoms with Gasteiger partial charge in [-0.15, -0.1) is 0 Å². The number of halogens is 2. The zero-order valence-electron chi connectivity index (χ0n) is 19.4. The number of fused-ring (bicyclic) bond motifs is 1. The quantitative estimate of drug-likeness (QED) is 0.404. The molecule has 9 heteroatoms. The Hall–Kier alpha value is -4.01. The number of carbonyl (C=O) groups excluding carboxylic acids is 2. The van der Waals surface area contributed by atoms with Crippen LogP contribution in [0.15, 0.2) is 54.6 Å². The SMILES string of the molecule is O=C(NCCNC(=O)c1c(F)cc(O[C@H]2CC[C@H](C(=O)O)CC2)cc1F)c1ccc2ccccc2c1. The normalized spacial score (nSPS) is 17.4. The maximum Gasteiger partial charge on any atom is 0.306 e. The van der Waals surface area contributed by atoms with E-state index in [1.54, 1.807) is 12.1 Å². The van der Waals surface area contributed by atoms with E-state index in [0.717, 1.165) is 22.9 Å². The molecule has 3 aromatic carbocycles. The molecule has 36 heavy (non-hydrogen) atoms. The molecule has 4 rings (SSSR count). The van der Waals surface area contributed by atoms with Gasteiger partial charge in [-0.05, 0) is 48.6 Å². The Bertz CT molecular complexity index is 1270. The first-order valence-electron chi connectivity index (χ1n) is 11.8. The summed E-state index contributed by atoms with van der Waals surface area (Å²) in [6, 6.07) is 14.8. The third kappa shape index (κ3) is 5.97. The summed E-state index contributed by atoms with van der Waals surface area (Å²) in [5.74, 6) is -4.74. The van der Waals surface area contributed by atoms with Gasteiger partial charge in [0.2, 0.25) is 0 Å². The number of rotatable bonds is 8. The second kappa shape index (κ2) is 11.2. The van der Waals surface area contributed by atoms with E-state index in [1.807, 2.05) is 30.3 Å². The summed E-state index contributed by atoms with van der Waals surface area (Å²) in [6.45, 7) is 0.0446. The van der Waals surface area contributed by atoms with E-state index >= 15 is 0 Å². The predicted molar refractivity (Wildman–Crippen MR) is 129 cm³/mol. The maximum absolute atomic E-state index is 14.5. The van der Waals surface area contributed by atoms with Crippen LogP contribution in [0, 0.1) is 17.6 Å². The van der Waals surface area contributed by atoms with Crippen LogP contribution in [0.4, 0.5) is 8.78 Å². The summed E-state index contributed by atoms with van der Waals surface area (Å²) >= 11 is 0. The van der Waals surface area contributed by atoms with Gasteiger partial charge in [0, 0.05) is 30.8 Å². The fourth-order valence-electron chi connectivity index (χ4n) is 4.33. The van der Waals surface area contributed by atoms with E-state index in [4.69, 9.17) is 9.84 Å². The van der Waals surface area contributed by atoms with Crippen LogP contribution in [-0.2, 0) is 4.79 Å². The van der Waals surface area contributed by atoms with Crippen molar-refractivity contribution in [1.82, 2.24) is 10.6 Å². The van der Waals surface area contributed by atoms with Gasteiger partial charge in [0.05, 0.1) is 12.0 Å². The van der Waals surface area contributed by atoms with E-state index in [2.05, 4.69) is 10.6 Å². The number of ether oxygens (including phenoxy) is 1. The van der Waals surface area contributed by atoms with Gasteiger partial charge in [0.15, 0.2) is 0 Å². The summed E-state index contributed by atoms with van der Waals surface area (Å²) in [7, 11) is 0. The molecule has 0 spiro atoms. The molecular weight excluding hydrogens is 470 g/mol. The van der Waals surface area contributed by atoms with Crippen LogP contribution in [0.25, 0.3) is 10.8 Å². The third-order valence-electron chi connectivity index (χ3n) is 6.28. The average molecular weight is 497 g/mol. The minimum absolute atomic E-state index is 0.0257. The fourth-order valence-corrected chi connectivity index (χ4v) is 4.33. The molecular formula is C27H26F2N2O5. The van der Waals surface area contributed by atoms with E-state index in [9.17, 15) is 23.2 Å². The Kier molecular flexibility index (Phi) is 7.77. The van der Waals surface area contributed by atoms with Crippen molar-refractivity contribution in [3.63, 3.8) is 0 Å². The van der Waals surface area contributed by atoms with Gasteiger partial charge >= 0.3 is 5.97 Å². The van der Waals surface area contributed by atoms with Crippen LogP contribution >= 0.6 is 0 Å². The molecule has 0 saturated heterocycles. The van der Waals surface area contributed by atoms with Crippen molar-refractivity contribution in [3.05, 3.63) is 77.4 Å². The number of amides is 2. The third-order valence-corrected chi connectivity index (χ3v) is 6.28. The van der Waals surface area contributed by atoms with Crippen molar-refractivity contribution in [3.8, 4) is 5.75 Å². The van der Waals surface area contributed by atoms with Crippen LogP contribution in [0.2, 0.25) is 0 Å². The topological polar surface area (TPSA) is 105 Å². The molecule has 188 valence electrons. The Morgan fingerprint density at radius 2 is 1.44 bits per heavy atom. The number of carboxylic acids is 1. The monoisotopic (exact) mass is 496 g/mol. The standard InChI is InChI=1S/C27H26F2N2O5/c28-22-14-21(36-20-9-7-17(8-10-20)27(34)35)15-23(29)24(22)26(33)31-12-11-30-25(32)19-6-5-16-3-1-2-4-18(16)13-19/h1-6,13-15,17,20H,7-12H2,(H,30,32)(H,31,33)(H,34,35)/t17-,20-. The van der Waals surface area contributed by atoms with Crippen molar-refractivity contribution in [1.29, 1.82) is 0 Å². The molecule has 3 aromatic rings. The van der Waals surface area contributed by atoms with E-state index < -0.39 is 35.0 Å². The van der Waals surface area contributed by atoms with Crippen molar-refractivity contribution in [2.45, 2.75) is 31.8 Å². The lowest BCUT2D eigenvalue weighted by molar-refractivity contribution is -0.143. The number of nitrogens with one attached hydrogen (secondary N) is 2. The first-order chi connectivity index (χ1) is 17.3. The summed E-state index contributed by atoms with van der Waals surface area (Å²) in [4.78, 5) is 35.8. The molecule has 0 radical (unpaired) electrons. The summed E-state index contributed by atoms with van der Waals surface area (Å²) in [5, 5.41) is 16.1. The van der Waals surface area contributed by atoms with E-state index in [1.165, 1.54) is 0 Å². The smallest absolute Gasteiger partial charge is 0.306 e. The molecule has 1 saturated carbocycles. The van der Waals surface area contributed by atoms with Crippen molar-refractivity contribution in [2.24, 2.45) is 5.92 Å². The molecule has 1 aliphatic rings. The molecule has 7 nitrogen and oxygen atoms in total. The zero-order chi connectivity index (χ0) is 25.7. The highest BCUT2D eigenvalue weighted by molar-refractivity contribution is 5.98. The lowest BCUT2D eigenvalue weighted by Gasteiger charge is -2.26. The molecule has 1 aliphatic carbocycles. The number of hydrogen-bond donors (Lipinski definition) is 3. The molecule has 0 atom stereocenters. The molecule has 0 aromatic heterocycles. The van der Waals surface area contributed by atoms with Gasteiger partial charge in [-0.25, -0.2) is 8.78 Å². The first kappa shape index (κ1) is 25.1. The largest absolute Gasteiger partial charge is 0.490 e. The van der Waals surface area contributed by atoms with Gasteiger partial charge in [-0.3, -0.25) is 14.4 Å². The van der Waals surface area contributed by atoms with Crippen LogP contribution in [0.5, 0.6) is 5.75 Å². The second-order valence-corrected chi connectivity index (χ2v) is 8.77. The van der Waals surface area contributed by atoms with Gasteiger partial charge in [0.25, 0.3) is 11.8 Å². The summed E-state index contributed by atoms with van der Waals surface area (Å²) in [6.07, 6.45) is 1.46. The predicted octanol–water partition coefficient (Wildman–Crippen LogP) is 4.30. The van der Waals surface area contributed by atoms with Crippen molar-refractivity contribution < 1.29 is 33.0 Å². The molecule has 3 N–H and O–H groups in total. The minimum Gasteiger partial charge on any atom is -0.490 e. The van der Waals surface area contributed by atoms with Gasteiger partial charge in [-0.1, -0.05) is 30.3 Å². The van der Waals surface area contributed by atoms with Gasteiger partial charge in [0.1, 0.15) is 22.9 Å². The van der Waals surface area contributed by atoms with E-state index in [-0.39, 0.29) is 30.9 Å². The highest BCUT2D eigenvalue weighted by Gasteiger charge is 2.27. The molecule has 0 heterocycles. The van der Waals surface area contributed by atoms with Crippen LogP contribution in [-0.4, -0.2) is 42.1 Å². The van der Waals surface area contributed by atoms with E-state index in [0.29, 0.717) is 31.2 Å². The Morgan fingerprint density at radius 3 is 2.08 bits per heavy atom. The molecule has 0 unspecified atom stereocenters. The van der Waals surface area contributed by atoms with Gasteiger partial charge < -0.3 is 20.5 Å². The van der Waals surface area contributed by atoms with Crippen molar-refractivity contribution >= 4 is 28.6 Å². The Morgan fingerprint density at radius 1 is 0.833 bits per heavy atom. The highest BCUT2D eigenvalue weighted by Crippen LogP contribution is 2.29. The fraction of sp³-hybridized carbons (Fsp3) is 0.296. The number of carboxylic acid groups (broad SMARTS) is 1. The van der Waals surface area contributed by atoms with Crippen LogP contribution in [0.3, 0.4) is 0 Å². The lowest BCUT2D eigenvalue weighted by Crippen LogP contribution is -2.35. The molecule has 0 bridgehead atoms. The van der Waals surface area contributed by atoms with Crippen LogP contribution < -0.4 is 15.4 Å². The molecule has 2 amide bonds. The first-order valence-corrected chi connectivity index (χ1v) is 11.8. The molecule has 1 fully saturated rings. The van der Waals surface area contributed by atoms with Gasteiger partial charge in [-0.2, -0.15) is 0 Å². The maximum atomic E-state index is 14.5. The summed E-state index contributed by atoms with van der Waals surface area (Å²) < 4.78 is 34.7. The average Bonchev–Trinajstić information content (AvgIpc) is 2.86. The van der Waals surface area contributed by atoms with Crippen LogP contribution in [0.1, 0.15) is 46.4 Å². The van der Waals surface area contributed by atoms with Crippen molar-refractivity contribution in [2.75, 3.05) is 13.1 Å². The number of hydrogen-bond acceptors (Lipinski definition) is 4. The number of aliphatic carboxylic acids is 1. The zero-order valence-corrected chi connectivity index (χ0v) is 19.4. The number of benzene rings is 3. The summed E-state index contributed by atoms with van der Waals surface area (Å²) in [5.41, 5.74) is -0.276. The Balaban J connectivity index is 1.27. The second-order valence-electron chi connectivity index (χ2n) is 8.77. The molecule has 0 aliphatic heterocycles. The highest BCUT2D eigenvalue weighted by atomic mass is 19.1. The minimum atomic E-state index is -1.07. The lowest BCUT2D eigenvalue weighted by atomic mass is 9.87. The Labute approximate surface area is 206 Å². The number of carbonyl (C=O) groups is 3.